The van der Waals surface area contributed by atoms with Gasteiger partial charge in [-0.15, -0.1) is 0 Å². The Bertz CT molecular complexity index is 550. The van der Waals surface area contributed by atoms with Crippen LogP contribution in [0, 0.1) is 0 Å². The van der Waals surface area contributed by atoms with Crippen LogP contribution in [0.5, 0.6) is 0 Å². The molecule has 0 aromatic heterocycles. The summed E-state index contributed by atoms with van der Waals surface area (Å²) in [5.74, 6) is 1.00. The molecule has 0 spiro atoms. The average molecular weight is 316 g/mol. The first-order chi connectivity index (χ1) is 10.9. The van der Waals surface area contributed by atoms with Gasteiger partial charge >= 0.3 is 0 Å². The molecule has 2 rings (SSSR count). The fraction of sp³-hybridized carbons (Fsp3) is 0.556. The maximum Gasteiger partial charge on any atom is 0.223 e. The van der Waals surface area contributed by atoms with Gasteiger partial charge in [-0.2, -0.15) is 0 Å². The first-order valence-corrected chi connectivity index (χ1v) is 8.22. The third kappa shape index (κ3) is 5.27. The fourth-order valence-electron chi connectivity index (χ4n) is 2.65. The van der Waals surface area contributed by atoms with E-state index in [9.17, 15) is 4.79 Å². The van der Waals surface area contributed by atoms with Crippen molar-refractivity contribution < 1.29 is 4.79 Å². The van der Waals surface area contributed by atoms with Gasteiger partial charge in [0.1, 0.15) is 0 Å². The van der Waals surface area contributed by atoms with Crippen LogP contribution in [-0.2, 0) is 17.9 Å². The summed E-state index contributed by atoms with van der Waals surface area (Å²) in [6, 6.07) is 8.27. The summed E-state index contributed by atoms with van der Waals surface area (Å²) in [7, 11) is 1.76. The van der Waals surface area contributed by atoms with Crippen molar-refractivity contribution in [3.8, 4) is 0 Å². The third-order valence-electron chi connectivity index (χ3n) is 3.77. The lowest BCUT2D eigenvalue weighted by Gasteiger charge is -2.23. The maximum absolute atomic E-state index is 12.3. The molecule has 126 valence electrons. The van der Waals surface area contributed by atoms with Gasteiger partial charge in [-0.05, 0) is 38.3 Å². The number of hydrogen-bond donors (Lipinski definition) is 2. The van der Waals surface area contributed by atoms with Gasteiger partial charge in [0.25, 0.3) is 0 Å². The normalized spacial score (nSPS) is 14.6. The van der Waals surface area contributed by atoms with Crippen LogP contribution in [0.3, 0.4) is 0 Å². The van der Waals surface area contributed by atoms with E-state index in [0.29, 0.717) is 6.42 Å². The summed E-state index contributed by atoms with van der Waals surface area (Å²) in [5.41, 5.74) is 2.52. The van der Waals surface area contributed by atoms with E-state index >= 15 is 0 Å². The van der Waals surface area contributed by atoms with Gasteiger partial charge in [-0.25, -0.2) is 0 Å². The predicted molar refractivity (Wildman–Crippen MR) is 94.2 cm³/mol. The summed E-state index contributed by atoms with van der Waals surface area (Å²) in [4.78, 5) is 18.4. The van der Waals surface area contributed by atoms with Crippen molar-refractivity contribution in [2.75, 3.05) is 13.6 Å². The monoisotopic (exact) mass is 316 g/mol. The van der Waals surface area contributed by atoms with Crippen LogP contribution in [0.4, 0.5) is 0 Å². The number of fused-ring (bicyclic) bond motifs is 1. The van der Waals surface area contributed by atoms with Crippen molar-refractivity contribution in [3.63, 3.8) is 0 Å². The Hall–Kier alpha value is -2.04. The number of carbonyl (C=O) groups is 1. The smallest absolute Gasteiger partial charge is 0.223 e. The Morgan fingerprint density at radius 3 is 2.35 bits per heavy atom. The molecule has 1 heterocycles. The number of nitrogens with zero attached hydrogens (tertiary/aromatic N) is 2. The first kappa shape index (κ1) is 17.3. The van der Waals surface area contributed by atoms with Crippen molar-refractivity contribution >= 4 is 11.9 Å². The van der Waals surface area contributed by atoms with E-state index in [1.165, 1.54) is 11.1 Å². The maximum atomic E-state index is 12.3. The Balaban J connectivity index is 1.70. The van der Waals surface area contributed by atoms with E-state index in [4.69, 9.17) is 0 Å². The molecule has 1 aliphatic heterocycles. The predicted octanol–water partition coefficient (Wildman–Crippen LogP) is 2.27. The molecule has 5 heteroatoms. The Morgan fingerprint density at radius 2 is 1.83 bits per heavy atom. The number of rotatable bonds is 4. The zero-order valence-corrected chi connectivity index (χ0v) is 14.6. The molecule has 0 unspecified atom stereocenters. The lowest BCUT2D eigenvalue weighted by Crippen LogP contribution is -2.47. The van der Waals surface area contributed by atoms with Crippen molar-refractivity contribution in [1.82, 2.24) is 15.5 Å². The summed E-state index contributed by atoms with van der Waals surface area (Å²) in [6.07, 6.45) is 1.37. The van der Waals surface area contributed by atoms with Crippen molar-refractivity contribution in [2.45, 2.75) is 52.2 Å². The van der Waals surface area contributed by atoms with Gasteiger partial charge < -0.3 is 15.5 Å². The van der Waals surface area contributed by atoms with Crippen LogP contribution in [0.1, 0.15) is 44.7 Å². The van der Waals surface area contributed by atoms with Crippen LogP contribution in [0.25, 0.3) is 0 Å². The highest BCUT2D eigenvalue weighted by Gasteiger charge is 2.22. The van der Waals surface area contributed by atoms with E-state index in [2.05, 4.69) is 48.5 Å². The minimum atomic E-state index is -0.0288. The lowest BCUT2D eigenvalue weighted by molar-refractivity contribution is -0.131. The second-order valence-corrected chi connectivity index (χ2v) is 7.00. The van der Waals surface area contributed by atoms with Crippen molar-refractivity contribution in [2.24, 2.45) is 4.99 Å². The largest absolute Gasteiger partial charge is 0.356 e. The quantitative estimate of drug-likeness (QED) is 0.509. The molecule has 0 aliphatic carbocycles. The van der Waals surface area contributed by atoms with E-state index in [0.717, 1.165) is 32.0 Å². The second kappa shape index (κ2) is 7.49. The molecule has 0 saturated carbocycles. The molecular weight excluding hydrogens is 288 g/mol. The highest BCUT2D eigenvalue weighted by Crippen LogP contribution is 2.22. The van der Waals surface area contributed by atoms with E-state index in [1.807, 2.05) is 17.0 Å². The third-order valence-corrected chi connectivity index (χ3v) is 3.77. The molecular formula is C18H28N4O. The number of amides is 1. The topological polar surface area (TPSA) is 56.7 Å². The summed E-state index contributed by atoms with van der Waals surface area (Å²) in [6.45, 7) is 8.50. The molecule has 0 saturated heterocycles. The molecule has 1 aromatic carbocycles. The van der Waals surface area contributed by atoms with Gasteiger partial charge in [0.05, 0.1) is 0 Å². The lowest BCUT2D eigenvalue weighted by atomic mass is 10.1. The van der Waals surface area contributed by atoms with Crippen LogP contribution in [0.2, 0.25) is 0 Å². The number of aliphatic imine (C=N–C) groups is 1. The van der Waals surface area contributed by atoms with Crippen LogP contribution >= 0.6 is 0 Å². The zero-order valence-electron chi connectivity index (χ0n) is 14.6. The minimum absolute atomic E-state index is 0.0288. The highest BCUT2D eigenvalue weighted by atomic mass is 16.2. The molecule has 0 radical (unpaired) electrons. The number of hydrogen-bond acceptors (Lipinski definition) is 2. The van der Waals surface area contributed by atoms with Crippen LogP contribution < -0.4 is 10.6 Å². The first-order valence-electron chi connectivity index (χ1n) is 8.22. The summed E-state index contributed by atoms with van der Waals surface area (Å²) >= 11 is 0. The van der Waals surface area contributed by atoms with E-state index in [-0.39, 0.29) is 11.4 Å². The number of carbonyl (C=O) groups excluding carboxylic acids is 1. The van der Waals surface area contributed by atoms with Gasteiger partial charge in [0, 0.05) is 38.6 Å². The minimum Gasteiger partial charge on any atom is -0.356 e. The van der Waals surface area contributed by atoms with Crippen LogP contribution in [-0.4, -0.2) is 35.9 Å². The SMILES string of the molecule is CN=C(NCCCC(=O)N1Cc2ccccc2C1)NC(C)(C)C. The van der Waals surface area contributed by atoms with Crippen molar-refractivity contribution in [3.05, 3.63) is 35.4 Å². The molecule has 0 atom stereocenters. The summed E-state index contributed by atoms with van der Waals surface area (Å²) in [5, 5.41) is 6.56. The molecule has 1 amide bonds. The summed E-state index contributed by atoms with van der Waals surface area (Å²) < 4.78 is 0. The molecule has 0 fully saturated rings. The van der Waals surface area contributed by atoms with Crippen LogP contribution in [0.15, 0.2) is 29.3 Å². The number of guanidine groups is 1. The number of benzene rings is 1. The van der Waals surface area contributed by atoms with Gasteiger partial charge in [-0.3, -0.25) is 9.79 Å². The molecule has 5 nitrogen and oxygen atoms in total. The van der Waals surface area contributed by atoms with Gasteiger partial charge in [0.2, 0.25) is 5.91 Å². The van der Waals surface area contributed by atoms with E-state index in [1.54, 1.807) is 7.05 Å². The molecule has 0 bridgehead atoms. The Kier molecular flexibility index (Phi) is 5.64. The molecule has 2 N–H and O–H groups in total. The molecule has 1 aromatic rings. The van der Waals surface area contributed by atoms with E-state index < -0.39 is 0 Å². The Morgan fingerprint density at radius 1 is 1.22 bits per heavy atom. The standard InChI is InChI=1S/C18H28N4O/c1-18(2,3)21-17(19-4)20-11-7-10-16(23)22-12-14-8-5-6-9-15(14)13-22/h5-6,8-9H,7,10-13H2,1-4H3,(H2,19,20,21). The fourth-order valence-corrected chi connectivity index (χ4v) is 2.65. The highest BCUT2D eigenvalue weighted by molar-refractivity contribution is 5.80. The van der Waals surface area contributed by atoms with Gasteiger partial charge in [0.15, 0.2) is 5.96 Å². The van der Waals surface area contributed by atoms with Crippen molar-refractivity contribution in [1.29, 1.82) is 0 Å². The zero-order chi connectivity index (χ0) is 16.9. The molecule has 23 heavy (non-hydrogen) atoms. The number of nitrogens with one attached hydrogen (secondary N) is 2. The second-order valence-electron chi connectivity index (χ2n) is 7.00. The average Bonchev–Trinajstić information content (AvgIpc) is 2.93. The molecule has 1 aliphatic rings. The Labute approximate surface area is 139 Å². The van der Waals surface area contributed by atoms with Gasteiger partial charge in [-0.1, -0.05) is 24.3 Å².